The van der Waals surface area contributed by atoms with E-state index in [2.05, 4.69) is 335 Å². The minimum Gasteiger partial charge on any atom is -0.309 e. The van der Waals surface area contributed by atoms with Gasteiger partial charge in [-0.2, -0.15) is 0 Å². The molecule has 2 aliphatic carbocycles. The lowest BCUT2D eigenvalue weighted by Crippen LogP contribution is -2.34. The van der Waals surface area contributed by atoms with Crippen LogP contribution in [0.4, 0.5) is 0 Å². The van der Waals surface area contributed by atoms with E-state index >= 15 is 4.57 Å². The Balaban J connectivity index is 0.744. The molecule has 2 spiro atoms. The molecule has 0 fully saturated rings. The molecule has 6 heterocycles. The minimum atomic E-state index is -3.49. The number of imidazole rings is 1. The molecule has 0 amide bonds. The Hall–Kier alpha value is -13.2. The van der Waals surface area contributed by atoms with E-state index in [1.807, 2.05) is 36.4 Å². The summed E-state index contributed by atoms with van der Waals surface area (Å²) in [4.78, 5) is 5.31. The van der Waals surface area contributed by atoms with E-state index in [-0.39, 0.29) is 0 Å². The number of hydrogen-bond acceptors (Lipinski definition) is 2. The first kappa shape index (κ1) is 57.4. The van der Waals surface area contributed by atoms with Crippen molar-refractivity contribution in [3.8, 4) is 67.0 Å². The topological polar surface area (TPSA) is 44.2 Å². The van der Waals surface area contributed by atoms with Crippen molar-refractivity contribution in [2.75, 3.05) is 0 Å². The zero-order valence-corrected chi connectivity index (χ0v) is 57.6. The second-order valence-corrected chi connectivity index (χ2v) is 31.7. The Morgan fingerprint density at radius 3 is 1.49 bits per heavy atom. The number of fused-ring (bicyclic) bond motifs is 32. The summed E-state index contributed by atoms with van der Waals surface area (Å²) in [5, 5.41) is 10.9. The van der Waals surface area contributed by atoms with Crippen molar-refractivity contribution in [3.63, 3.8) is 0 Å². The molecule has 105 heavy (non-hydrogen) atoms. The van der Waals surface area contributed by atoms with E-state index in [0.29, 0.717) is 0 Å². The Morgan fingerprint density at radius 1 is 0.276 bits per heavy atom. The molecule has 6 heteroatoms. The van der Waals surface area contributed by atoms with Crippen LogP contribution in [-0.4, -0.2) is 18.5 Å². The molecule has 0 saturated heterocycles. The highest BCUT2D eigenvalue weighted by Gasteiger charge is 2.54. The van der Waals surface area contributed by atoms with Crippen LogP contribution in [0.3, 0.4) is 0 Å². The molecule has 2 aliphatic heterocycles. The van der Waals surface area contributed by atoms with Crippen LogP contribution >= 0.6 is 7.14 Å². The number of benzene rings is 16. The summed E-state index contributed by atoms with van der Waals surface area (Å²) in [6, 6.07) is 132. The lowest BCUT2D eigenvalue weighted by Gasteiger charge is -2.40. The van der Waals surface area contributed by atoms with Crippen molar-refractivity contribution in [2.45, 2.75) is 10.8 Å². The first-order valence-electron chi connectivity index (χ1n) is 36.4. The zero-order valence-electron chi connectivity index (χ0n) is 56.7. The standard InChI is InChI=1S/C99H59N4OP/c104-105(65-26-3-1-4-27-65,66-28-5-2-6-29-66)92-47-23-38-82-94(92)72-32-7-11-35-77(72)99(82)81-37-13-19-45-90(81)102-88-43-17-10-33-73(88)93-67(52-55-84(99)96(93)102)64-50-54-79-75(59-64)74-57-63(49-53-78(74)98(79)80-36-12-18-44-89(80)101-86-41-15-9-31-70(86)71-34-22-39-83(98)95(71)101)61-25-21-24-60(56-61)62-48-51-68-69-30-8-16-42-87(69)103-91-46-20-14-40-85(91)100-97(103)76(68)58-62/h1-59H. The molecular formula is C99H59N4OP. The highest BCUT2D eigenvalue weighted by molar-refractivity contribution is 7.85. The number of para-hydroxylation sites is 8. The van der Waals surface area contributed by atoms with E-state index in [1.165, 1.54) is 110 Å². The number of aromatic nitrogens is 4. The number of pyridine rings is 1. The molecule has 486 valence electrons. The lowest BCUT2D eigenvalue weighted by molar-refractivity contribution is 0.592. The van der Waals surface area contributed by atoms with Gasteiger partial charge in [0.05, 0.1) is 60.8 Å². The van der Waals surface area contributed by atoms with Gasteiger partial charge in [-0.3, -0.25) is 4.40 Å². The van der Waals surface area contributed by atoms with Gasteiger partial charge in [0.15, 0.2) is 7.14 Å². The van der Waals surface area contributed by atoms with Crippen molar-refractivity contribution in [1.29, 1.82) is 0 Å². The molecule has 2 unspecified atom stereocenters. The van der Waals surface area contributed by atoms with E-state index in [1.54, 1.807) is 0 Å². The Kier molecular flexibility index (Phi) is 11.4. The SMILES string of the molecule is O=P(c1ccccc1)(c1ccccc1)c1cccc2c1-c1ccccc1C21c2ccccc2-n2c3ccccc3c3c(-c4ccc5c(c4)-c4cc(-c6cccc(-c7ccc8c9ccccc9n9c%10ccccc%10nc9c8c7)c6)ccc4C54c5ccccc5-n5c6ccccc6c6cccc4c65)ccc1c32. The number of nitrogens with zero attached hydrogens (tertiary/aromatic N) is 4. The smallest absolute Gasteiger partial charge is 0.171 e. The maximum absolute atomic E-state index is 16.9. The third kappa shape index (κ3) is 7.18. The van der Waals surface area contributed by atoms with Gasteiger partial charge in [-0.05, 0) is 172 Å². The second-order valence-electron chi connectivity index (χ2n) is 29.0. The van der Waals surface area contributed by atoms with Crippen LogP contribution in [0.2, 0.25) is 0 Å². The maximum atomic E-state index is 16.9. The van der Waals surface area contributed by atoms with Crippen molar-refractivity contribution in [1.82, 2.24) is 18.5 Å². The van der Waals surface area contributed by atoms with Crippen molar-refractivity contribution >= 4 is 105 Å². The molecule has 0 bridgehead atoms. The Morgan fingerprint density at radius 2 is 0.752 bits per heavy atom. The van der Waals surface area contributed by atoms with E-state index < -0.39 is 18.0 Å². The highest BCUT2D eigenvalue weighted by Crippen LogP contribution is 2.65. The first-order valence-corrected chi connectivity index (χ1v) is 38.1. The van der Waals surface area contributed by atoms with Crippen LogP contribution in [0.25, 0.3) is 149 Å². The largest absolute Gasteiger partial charge is 0.309 e. The molecule has 16 aromatic carbocycles. The van der Waals surface area contributed by atoms with Gasteiger partial charge in [0, 0.05) is 48.2 Å². The lowest BCUT2D eigenvalue weighted by atomic mass is 9.65. The van der Waals surface area contributed by atoms with Crippen LogP contribution in [-0.2, 0) is 15.4 Å². The van der Waals surface area contributed by atoms with Crippen molar-refractivity contribution in [2.24, 2.45) is 0 Å². The van der Waals surface area contributed by atoms with Crippen LogP contribution < -0.4 is 15.9 Å². The van der Waals surface area contributed by atoms with Crippen LogP contribution in [0.1, 0.15) is 44.5 Å². The Labute approximate surface area is 604 Å². The average Bonchev–Trinajstić information content (AvgIpc) is 1.52. The summed E-state index contributed by atoms with van der Waals surface area (Å²) < 4.78 is 24.4. The van der Waals surface area contributed by atoms with E-state index in [0.717, 1.165) is 99.2 Å². The zero-order chi connectivity index (χ0) is 68.6. The molecule has 0 saturated carbocycles. The fraction of sp³-hybridized carbons (Fsp3) is 0.0202. The minimum absolute atomic E-state index is 0.679. The summed E-state index contributed by atoms with van der Waals surface area (Å²) in [5.41, 5.74) is 31.2. The third-order valence-electron chi connectivity index (χ3n) is 24.3. The monoisotopic (exact) mass is 1350 g/mol. The molecular weight excluding hydrogens is 1290 g/mol. The molecule has 0 radical (unpaired) electrons. The van der Waals surface area contributed by atoms with Gasteiger partial charge in [0.25, 0.3) is 0 Å². The summed E-state index contributed by atoms with van der Waals surface area (Å²) in [5.74, 6) is 0. The molecule has 5 nitrogen and oxygen atoms in total. The first-order chi connectivity index (χ1) is 52.0. The highest BCUT2D eigenvalue weighted by atomic mass is 31.2. The third-order valence-corrected chi connectivity index (χ3v) is 27.4. The average molecular weight is 1350 g/mol. The summed E-state index contributed by atoms with van der Waals surface area (Å²) >= 11 is 0. The molecule has 4 aromatic heterocycles. The normalized spacial score (nSPS) is 15.7. The summed E-state index contributed by atoms with van der Waals surface area (Å²) in [7, 11) is -3.49. The summed E-state index contributed by atoms with van der Waals surface area (Å²) in [6.07, 6.45) is 0. The van der Waals surface area contributed by atoms with Gasteiger partial charge in [-0.15, -0.1) is 0 Å². The molecule has 2 atom stereocenters. The maximum Gasteiger partial charge on any atom is 0.171 e. The van der Waals surface area contributed by atoms with Gasteiger partial charge in [0.2, 0.25) is 0 Å². The summed E-state index contributed by atoms with van der Waals surface area (Å²) in [6.45, 7) is 0. The van der Waals surface area contributed by atoms with Crippen molar-refractivity contribution in [3.05, 3.63) is 402 Å². The molecule has 20 aromatic rings. The van der Waals surface area contributed by atoms with Gasteiger partial charge < -0.3 is 13.7 Å². The quantitative estimate of drug-likeness (QED) is 0.123. The number of rotatable bonds is 6. The van der Waals surface area contributed by atoms with Gasteiger partial charge in [0.1, 0.15) is 5.65 Å². The van der Waals surface area contributed by atoms with Gasteiger partial charge >= 0.3 is 0 Å². The Bertz CT molecular complexity index is 7300. The molecule has 0 N–H and O–H groups in total. The molecule has 4 aliphatic rings. The predicted octanol–water partition coefficient (Wildman–Crippen LogP) is 23.0. The second kappa shape index (κ2) is 20.8. The van der Waals surface area contributed by atoms with Gasteiger partial charge in [-0.25, -0.2) is 4.98 Å². The van der Waals surface area contributed by atoms with Crippen LogP contribution in [0.15, 0.2) is 358 Å². The fourth-order valence-corrected chi connectivity index (χ4v) is 23.1. The van der Waals surface area contributed by atoms with Gasteiger partial charge in [-0.1, -0.05) is 291 Å². The molecule has 24 rings (SSSR count). The van der Waals surface area contributed by atoms with E-state index in [9.17, 15) is 0 Å². The van der Waals surface area contributed by atoms with E-state index in [4.69, 9.17) is 4.98 Å². The van der Waals surface area contributed by atoms with Crippen LogP contribution in [0, 0.1) is 0 Å². The van der Waals surface area contributed by atoms with Crippen molar-refractivity contribution < 1.29 is 4.57 Å². The number of hydrogen-bond donors (Lipinski definition) is 0. The fourth-order valence-electron chi connectivity index (χ4n) is 20.2. The van der Waals surface area contributed by atoms with Crippen LogP contribution in [0.5, 0.6) is 0 Å². The predicted molar refractivity (Wildman–Crippen MR) is 434 cm³/mol.